The lowest BCUT2D eigenvalue weighted by Crippen LogP contribution is -2.58. The fraction of sp³-hybridized carbons (Fsp3) is 0.758. The van der Waals surface area contributed by atoms with Crippen molar-refractivity contribution in [2.75, 3.05) is 0 Å². The van der Waals surface area contributed by atoms with Crippen LogP contribution in [0.3, 0.4) is 0 Å². The van der Waals surface area contributed by atoms with Crippen molar-refractivity contribution in [3.05, 3.63) is 29.8 Å². The minimum atomic E-state index is -1.06. The van der Waals surface area contributed by atoms with Crippen molar-refractivity contribution in [3.63, 3.8) is 0 Å². The first-order valence-electron chi connectivity index (χ1n) is 15.6. The molecule has 5 N–H and O–H groups in total. The van der Waals surface area contributed by atoms with Gasteiger partial charge in [-0.25, -0.2) is 4.79 Å². The first-order chi connectivity index (χ1) is 18.9. The molecule has 0 aromatic heterocycles. The summed E-state index contributed by atoms with van der Waals surface area (Å²) in [5.41, 5.74) is 1.11. The Labute approximate surface area is 238 Å². The number of amides is 1. The Bertz CT molecular complexity index is 1080. The molecule has 7 heteroatoms. The van der Waals surface area contributed by atoms with Crippen LogP contribution in [0.1, 0.15) is 90.5 Å². The molecule has 4 saturated carbocycles. The van der Waals surface area contributed by atoms with E-state index in [1.165, 1.54) is 12.1 Å². The molecular formula is C33H49NO6. The zero-order chi connectivity index (χ0) is 28.8. The summed E-state index contributed by atoms with van der Waals surface area (Å²) in [6.45, 7) is 7.13. The van der Waals surface area contributed by atoms with Gasteiger partial charge >= 0.3 is 5.97 Å². The van der Waals surface area contributed by atoms with Crippen LogP contribution >= 0.6 is 0 Å². The number of hydrogen-bond acceptors (Lipinski definition) is 5. The standard InChI is InChI=1S/C33H49NO6/c1-19(4-11-29(38)34-27(31(39)40)16-20-5-7-22(35)8-6-20)24-9-10-25-30-26(13-15-33(24,25)3)32(2)14-12-23(36)17-21(32)18-28(30)37/h5-8,19,21,23-28,30,35-37H,4,9-18H2,1-3H3,(H,34,38)(H,39,40)/t19?,21-,23+,24+,25-,26-,27?,28+,30-,32-,33+/m0/s1. The number of carbonyl (C=O) groups excluding carboxylic acids is 1. The molecule has 0 bridgehead atoms. The van der Waals surface area contributed by atoms with E-state index in [1.807, 2.05) is 0 Å². The summed E-state index contributed by atoms with van der Waals surface area (Å²) in [6, 6.07) is 5.38. The third kappa shape index (κ3) is 5.40. The van der Waals surface area contributed by atoms with Crippen LogP contribution in [0.15, 0.2) is 24.3 Å². The highest BCUT2D eigenvalue weighted by Crippen LogP contribution is 2.68. The van der Waals surface area contributed by atoms with E-state index >= 15 is 0 Å². The van der Waals surface area contributed by atoms with E-state index in [4.69, 9.17) is 0 Å². The number of nitrogens with one attached hydrogen (secondary N) is 1. The summed E-state index contributed by atoms with van der Waals surface area (Å²) in [5, 5.41) is 43.7. The van der Waals surface area contributed by atoms with Gasteiger partial charge in [0.1, 0.15) is 11.8 Å². The predicted octanol–water partition coefficient (Wildman–Crippen LogP) is 4.91. The van der Waals surface area contributed by atoms with Gasteiger partial charge in [-0.05, 0) is 122 Å². The Kier molecular flexibility index (Phi) is 8.28. The van der Waals surface area contributed by atoms with Crippen molar-refractivity contribution >= 4 is 11.9 Å². The maximum absolute atomic E-state index is 12.8. The molecule has 5 rings (SSSR count). The Hall–Kier alpha value is -2.12. The van der Waals surface area contributed by atoms with E-state index in [9.17, 15) is 30.0 Å². The number of phenols is 1. The molecule has 2 unspecified atom stereocenters. The SMILES string of the molecule is CC(CCC(=O)NC(Cc1ccc(O)cc1)C(=O)O)[C@H]1CC[C@H]2[C@@H]3[C@H](O)C[C@@H]4C[C@H](O)CC[C@]4(C)[C@H]3CC[C@]12C. The second-order valence-corrected chi connectivity index (χ2v) is 14.3. The third-order valence-corrected chi connectivity index (χ3v) is 12.3. The molecule has 7 nitrogen and oxygen atoms in total. The predicted molar refractivity (Wildman–Crippen MR) is 152 cm³/mol. The van der Waals surface area contributed by atoms with E-state index in [1.54, 1.807) is 12.1 Å². The van der Waals surface area contributed by atoms with E-state index in [0.29, 0.717) is 41.9 Å². The van der Waals surface area contributed by atoms with Crippen molar-refractivity contribution in [1.82, 2.24) is 5.32 Å². The van der Waals surface area contributed by atoms with Gasteiger partial charge < -0.3 is 25.7 Å². The molecule has 1 amide bonds. The van der Waals surface area contributed by atoms with Crippen LogP contribution in [0.4, 0.5) is 0 Å². The number of aromatic hydroxyl groups is 1. The number of rotatable bonds is 8. The second-order valence-electron chi connectivity index (χ2n) is 14.3. The van der Waals surface area contributed by atoms with Gasteiger partial charge in [0, 0.05) is 12.8 Å². The van der Waals surface area contributed by atoms with Crippen LogP contribution in [0, 0.1) is 46.3 Å². The highest BCUT2D eigenvalue weighted by atomic mass is 16.4. The smallest absolute Gasteiger partial charge is 0.326 e. The Morgan fingerprint density at radius 1 is 0.975 bits per heavy atom. The first-order valence-corrected chi connectivity index (χ1v) is 15.6. The summed E-state index contributed by atoms with van der Waals surface area (Å²) in [7, 11) is 0. The van der Waals surface area contributed by atoms with Gasteiger partial charge in [-0.3, -0.25) is 4.79 Å². The summed E-state index contributed by atoms with van der Waals surface area (Å²) in [4.78, 5) is 24.7. The normalized spacial score (nSPS) is 40.3. The minimum Gasteiger partial charge on any atom is -0.508 e. The number of carboxylic acid groups (broad SMARTS) is 1. The van der Waals surface area contributed by atoms with E-state index < -0.39 is 12.0 Å². The number of benzene rings is 1. The Morgan fingerprint density at radius 2 is 1.65 bits per heavy atom. The van der Waals surface area contributed by atoms with Crippen molar-refractivity contribution in [2.45, 2.75) is 110 Å². The molecule has 0 heterocycles. The molecule has 0 radical (unpaired) electrons. The summed E-state index contributed by atoms with van der Waals surface area (Å²) in [5.74, 6) is 1.41. The lowest BCUT2D eigenvalue weighted by molar-refractivity contribution is -0.174. The quantitative estimate of drug-likeness (QED) is 0.310. The van der Waals surface area contributed by atoms with Crippen LogP contribution in [-0.4, -0.2) is 50.6 Å². The summed E-state index contributed by atoms with van der Waals surface area (Å²) in [6.07, 6.45) is 8.82. The topological polar surface area (TPSA) is 127 Å². The number of carboxylic acids is 1. The van der Waals surface area contributed by atoms with Crippen LogP contribution in [0.25, 0.3) is 0 Å². The Morgan fingerprint density at radius 3 is 2.35 bits per heavy atom. The zero-order valence-corrected chi connectivity index (χ0v) is 24.4. The fourth-order valence-corrected chi connectivity index (χ4v) is 10.1. The van der Waals surface area contributed by atoms with Crippen molar-refractivity contribution in [1.29, 1.82) is 0 Å². The van der Waals surface area contributed by atoms with Crippen LogP contribution < -0.4 is 5.32 Å². The largest absolute Gasteiger partial charge is 0.508 e. The fourth-order valence-electron chi connectivity index (χ4n) is 10.1. The molecule has 1 aromatic rings. The molecule has 222 valence electrons. The molecule has 0 saturated heterocycles. The molecule has 4 aliphatic carbocycles. The average molecular weight is 556 g/mol. The molecule has 0 aliphatic heterocycles. The van der Waals surface area contributed by atoms with E-state index in [-0.39, 0.29) is 41.1 Å². The van der Waals surface area contributed by atoms with Gasteiger partial charge in [-0.1, -0.05) is 32.9 Å². The lowest BCUT2D eigenvalue weighted by atomic mass is 9.43. The molecule has 4 fully saturated rings. The van der Waals surface area contributed by atoms with Gasteiger partial charge in [-0.2, -0.15) is 0 Å². The maximum atomic E-state index is 12.8. The van der Waals surface area contributed by atoms with Crippen LogP contribution in [-0.2, 0) is 16.0 Å². The highest BCUT2D eigenvalue weighted by molar-refractivity contribution is 5.83. The monoisotopic (exact) mass is 555 g/mol. The van der Waals surface area contributed by atoms with Gasteiger partial charge in [0.25, 0.3) is 0 Å². The molecule has 1 aromatic carbocycles. The average Bonchev–Trinajstić information content (AvgIpc) is 3.26. The zero-order valence-electron chi connectivity index (χ0n) is 24.4. The van der Waals surface area contributed by atoms with Gasteiger partial charge in [-0.15, -0.1) is 0 Å². The first kappa shape index (κ1) is 29.4. The molecule has 40 heavy (non-hydrogen) atoms. The van der Waals surface area contributed by atoms with Crippen LogP contribution in [0.5, 0.6) is 5.75 Å². The summed E-state index contributed by atoms with van der Waals surface area (Å²) < 4.78 is 0. The number of phenolic OH excluding ortho intramolecular Hbond substituents is 1. The number of hydrogen-bond donors (Lipinski definition) is 5. The maximum Gasteiger partial charge on any atom is 0.326 e. The Balaban J connectivity index is 1.19. The van der Waals surface area contributed by atoms with E-state index in [0.717, 1.165) is 63.4 Å². The minimum absolute atomic E-state index is 0.121. The van der Waals surface area contributed by atoms with Gasteiger partial charge in [0.15, 0.2) is 0 Å². The number of fused-ring (bicyclic) bond motifs is 5. The molecule has 4 aliphatic rings. The highest BCUT2D eigenvalue weighted by Gasteiger charge is 2.62. The van der Waals surface area contributed by atoms with Gasteiger partial charge in [0.2, 0.25) is 5.91 Å². The van der Waals surface area contributed by atoms with E-state index in [2.05, 4.69) is 26.1 Å². The number of aliphatic hydroxyl groups is 2. The van der Waals surface area contributed by atoms with Crippen molar-refractivity contribution < 1.29 is 30.0 Å². The molecular weight excluding hydrogens is 506 g/mol. The lowest BCUT2D eigenvalue weighted by Gasteiger charge is -2.62. The van der Waals surface area contributed by atoms with Crippen molar-refractivity contribution in [3.8, 4) is 5.75 Å². The number of aliphatic hydroxyl groups excluding tert-OH is 2. The van der Waals surface area contributed by atoms with Gasteiger partial charge in [0.05, 0.1) is 12.2 Å². The molecule has 0 spiro atoms. The van der Waals surface area contributed by atoms with Crippen molar-refractivity contribution in [2.24, 2.45) is 46.3 Å². The number of aliphatic carboxylic acids is 1. The van der Waals surface area contributed by atoms with Crippen LogP contribution in [0.2, 0.25) is 0 Å². The third-order valence-electron chi connectivity index (χ3n) is 12.3. The summed E-state index contributed by atoms with van der Waals surface area (Å²) >= 11 is 0. The second kappa shape index (κ2) is 11.3. The molecule has 11 atom stereocenters. The number of carbonyl (C=O) groups is 2.